The maximum absolute atomic E-state index is 11.8. The van der Waals surface area contributed by atoms with E-state index in [2.05, 4.69) is 10.6 Å². The van der Waals surface area contributed by atoms with Crippen molar-refractivity contribution in [2.75, 3.05) is 20.2 Å². The highest BCUT2D eigenvalue weighted by Gasteiger charge is 2.28. The number of hydrogen-bond donors (Lipinski definition) is 2. The van der Waals surface area contributed by atoms with E-state index in [1.807, 2.05) is 30.3 Å². The Morgan fingerprint density at radius 3 is 2.68 bits per heavy atom. The number of piperidine rings is 1. The summed E-state index contributed by atoms with van der Waals surface area (Å²) >= 11 is 0. The van der Waals surface area contributed by atoms with Gasteiger partial charge in [-0.25, -0.2) is 4.79 Å². The van der Waals surface area contributed by atoms with E-state index in [1.54, 1.807) is 0 Å². The summed E-state index contributed by atoms with van der Waals surface area (Å²) in [5.41, 5.74) is 0.932. The molecular formula is C15H21ClN2O4. The largest absolute Gasteiger partial charge is 0.469 e. The second kappa shape index (κ2) is 9.27. The average Bonchev–Trinajstić information content (AvgIpc) is 2.53. The van der Waals surface area contributed by atoms with Crippen LogP contribution in [0, 0.1) is 5.92 Å². The molecule has 1 aliphatic heterocycles. The molecule has 0 aliphatic carbocycles. The molecule has 1 heterocycles. The van der Waals surface area contributed by atoms with E-state index in [0.29, 0.717) is 19.5 Å². The van der Waals surface area contributed by atoms with Gasteiger partial charge in [0.25, 0.3) is 0 Å². The summed E-state index contributed by atoms with van der Waals surface area (Å²) in [4.78, 5) is 23.3. The van der Waals surface area contributed by atoms with E-state index < -0.39 is 6.09 Å². The molecule has 0 radical (unpaired) electrons. The fourth-order valence-electron chi connectivity index (χ4n) is 2.33. The van der Waals surface area contributed by atoms with E-state index in [0.717, 1.165) is 5.56 Å². The lowest BCUT2D eigenvalue weighted by atomic mass is 9.96. The Kier molecular flexibility index (Phi) is 7.70. The molecule has 1 aromatic carbocycles. The Hall–Kier alpha value is -1.79. The molecule has 1 fully saturated rings. The van der Waals surface area contributed by atoms with Crippen LogP contribution in [0.2, 0.25) is 0 Å². The monoisotopic (exact) mass is 328 g/mol. The molecule has 0 aromatic heterocycles. The zero-order chi connectivity index (χ0) is 15.1. The third-order valence-corrected chi connectivity index (χ3v) is 3.42. The van der Waals surface area contributed by atoms with Crippen LogP contribution in [0.1, 0.15) is 12.0 Å². The summed E-state index contributed by atoms with van der Waals surface area (Å²) in [7, 11) is 1.37. The Morgan fingerprint density at radius 1 is 1.27 bits per heavy atom. The molecule has 22 heavy (non-hydrogen) atoms. The maximum Gasteiger partial charge on any atom is 0.407 e. The normalized spacial score (nSPS) is 20.4. The van der Waals surface area contributed by atoms with Crippen LogP contribution >= 0.6 is 12.4 Å². The summed E-state index contributed by atoms with van der Waals surface area (Å²) in [6.07, 6.45) is 0.0799. The Morgan fingerprint density at radius 2 is 2.00 bits per heavy atom. The van der Waals surface area contributed by atoms with Crippen LogP contribution in [0.3, 0.4) is 0 Å². The molecule has 1 saturated heterocycles. The first kappa shape index (κ1) is 18.3. The highest BCUT2D eigenvalue weighted by Crippen LogP contribution is 2.12. The number of halogens is 1. The number of carbonyl (C=O) groups excluding carboxylic acids is 2. The number of esters is 1. The molecule has 1 amide bonds. The van der Waals surface area contributed by atoms with E-state index in [-0.39, 0.29) is 36.9 Å². The van der Waals surface area contributed by atoms with E-state index in [9.17, 15) is 9.59 Å². The number of nitrogens with one attached hydrogen (secondary N) is 2. The molecular weight excluding hydrogens is 308 g/mol. The number of methoxy groups -OCH3 is 1. The summed E-state index contributed by atoms with van der Waals surface area (Å²) in [6, 6.07) is 9.34. The molecule has 0 bridgehead atoms. The zero-order valence-corrected chi connectivity index (χ0v) is 13.2. The topological polar surface area (TPSA) is 76.7 Å². The van der Waals surface area contributed by atoms with Gasteiger partial charge in [0.2, 0.25) is 0 Å². The molecule has 2 N–H and O–H groups in total. The Bertz CT molecular complexity index is 484. The number of amides is 1. The van der Waals surface area contributed by atoms with Crippen molar-refractivity contribution in [1.29, 1.82) is 0 Å². The van der Waals surface area contributed by atoms with Gasteiger partial charge in [-0.05, 0) is 12.0 Å². The van der Waals surface area contributed by atoms with Crippen molar-refractivity contribution in [2.45, 2.75) is 19.1 Å². The van der Waals surface area contributed by atoms with Crippen LogP contribution in [-0.4, -0.2) is 38.3 Å². The zero-order valence-electron chi connectivity index (χ0n) is 12.4. The van der Waals surface area contributed by atoms with Gasteiger partial charge in [-0.2, -0.15) is 0 Å². The lowest BCUT2D eigenvalue weighted by molar-refractivity contribution is -0.146. The third-order valence-electron chi connectivity index (χ3n) is 3.42. The van der Waals surface area contributed by atoms with E-state index in [4.69, 9.17) is 9.47 Å². The summed E-state index contributed by atoms with van der Waals surface area (Å²) in [5, 5.41) is 5.87. The minimum absolute atomic E-state index is 0. The predicted octanol–water partition coefficient (Wildman–Crippen LogP) is 1.49. The molecule has 0 saturated carbocycles. The van der Waals surface area contributed by atoms with E-state index >= 15 is 0 Å². The second-order valence-corrected chi connectivity index (χ2v) is 5.02. The smallest absolute Gasteiger partial charge is 0.407 e. The van der Waals surface area contributed by atoms with Gasteiger partial charge < -0.3 is 20.1 Å². The first-order valence-electron chi connectivity index (χ1n) is 6.95. The third kappa shape index (κ3) is 5.54. The van der Waals surface area contributed by atoms with Crippen LogP contribution in [-0.2, 0) is 20.9 Å². The van der Waals surface area contributed by atoms with Crippen molar-refractivity contribution in [1.82, 2.24) is 10.6 Å². The Balaban J connectivity index is 0.00000242. The number of alkyl carbamates (subject to hydrolysis) is 1. The molecule has 0 unspecified atom stereocenters. The fourth-order valence-corrected chi connectivity index (χ4v) is 2.33. The fraction of sp³-hybridized carbons (Fsp3) is 0.467. The first-order chi connectivity index (χ1) is 10.2. The number of ether oxygens (including phenoxy) is 2. The molecule has 0 spiro atoms. The van der Waals surface area contributed by atoms with Gasteiger partial charge in [0, 0.05) is 19.1 Å². The highest BCUT2D eigenvalue weighted by molar-refractivity contribution is 5.85. The molecule has 2 atom stereocenters. The van der Waals surface area contributed by atoms with Crippen molar-refractivity contribution < 1.29 is 19.1 Å². The molecule has 6 nitrogen and oxygen atoms in total. The SMILES string of the molecule is COC(=O)[C@@H]1CNC[C@H](NC(=O)OCc2ccccc2)C1.Cl. The van der Waals surface area contributed by atoms with Gasteiger partial charge in [0.15, 0.2) is 0 Å². The first-order valence-corrected chi connectivity index (χ1v) is 6.95. The van der Waals surface area contributed by atoms with E-state index in [1.165, 1.54) is 7.11 Å². The van der Waals surface area contributed by atoms with Gasteiger partial charge in [-0.3, -0.25) is 4.79 Å². The van der Waals surface area contributed by atoms with Crippen molar-refractivity contribution in [2.24, 2.45) is 5.92 Å². The van der Waals surface area contributed by atoms with Gasteiger partial charge in [0.05, 0.1) is 13.0 Å². The quantitative estimate of drug-likeness (QED) is 0.819. The van der Waals surface area contributed by atoms with Crippen molar-refractivity contribution in [3.63, 3.8) is 0 Å². The van der Waals surface area contributed by atoms with Crippen LogP contribution in [0.4, 0.5) is 4.79 Å². The lowest BCUT2D eigenvalue weighted by Crippen LogP contribution is -2.50. The van der Waals surface area contributed by atoms with Crippen molar-refractivity contribution >= 4 is 24.5 Å². The molecule has 1 aromatic rings. The predicted molar refractivity (Wildman–Crippen MR) is 83.8 cm³/mol. The van der Waals surface area contributed by atoms with Gasteiger partial charge >= 0.3 is 12.1 Å². The molecule has 7 heteroatoms. The summed E-state index contributed by atoms with van der Waals surface area (Å²) < 4.78 is 9.88. The standard InChI is InChI=1S/C15H20N2O4.ClH/c1-20-14(18)12-7-13(9-16-8-12)17-15(19)21-10-11-5-3-2-4-6-11;/h2-6,12-13,16H,7-10H2,1H3,(H,17,19);1H/t12-,13+;/m0./s1. The van der Waals surface area contributed by atoms with Crippen molar-refractivity contribution in [3.05, 3.63) is 35.9 Å². The summed E-state index contributed by atoms with van der Waals surface area (Å²) in [5.74, 6) is -0.491. The van der Waals surface area contributed by atoms with Crippen LogP contribution in [0.5, 0.6) is 0 Å². The molecule has 1 aliphatic rings. The molecule has 2 rings (SSSR count). The van der Waals surface area contributed by atoms with Gasteiger partial charge in [0.1, 0.15) is 6.61 Å². The van der Waals surface area contributed by atoms with Crippen LogP contribution < -0.4 is 10.6 Å². The average molecular weight is 329 g/mol. The molecule has 122 valence electrons. The van der Waals surface area contributed by atoms with Crippen LogP contribution in [0.25, 0.3) is 0 Å². The van der Waals surface area contributed by atoms with Crippen molar-refractivity contribution in [3.8, 4) is 0 Å². The second-order valence-electron chi connectivity index (χ2n) is 5.02. The van der Waals surface area contributed by atoms with Gasteiger partial charge in [-0.1, -0.05) is 30.3 Å². The maximum atomic E-state index is 11.8. The highest BCUT2D eigenvalue weighted by atomic mass is 35.5. The number of carbonyl (C=O) groups is 2. The minimum Gasteiger partial charge on any atom is -0.469 e. The lowest BCUT2D eigenvalue weighted by Gasteiger charge is -2.28. The summed E-state index contributed by atoms with van der Waals surface area (Å²) in [6.45, 7) is 1.42. The Labute approximate surface area is 136 Å². The van der Waals surface area contributed by atoms with Gasteiger partial charge in [-0.15, -0.1) is 12.4 Å². The number of benzene rings is 1. The number of hydrogen-bond acceptors (Lipinski definition) is 5. The number of rotatable bonds is 4. The van der Waals surface area contributed by atoms with Crippen LogP contribution in [0.15, 0.2) is 30.3 Å². The minimum atomic E-state index is -0.476.